The summed E-state index contributed by atoms with van der Waals surface area (Å²) in [6.45, 7) is 2.01. The summed E-state index contributed by atoms with van der Waals surface area (Å²) in [7, 11) is 1.62. The molecule has 0 saturated carbocycles. The number of nitrogens with one attached hydrogen (secondary N) is 1. The molecule has 1 aliphatic carbocycles. The number of methoxy groups -OCH3 is 1. The van der Waals surface area contributed by atoms with E-state index in [1.165, 1.54) is 0 Å². The third-order valence-electron chi connectivity index (χ3n) is 3.61. The molecule has 0 aliphatic heterocycles. The van der Waals surface area contributed by atoms with Gasteiger partial charge < -0.3 is 15.2 Å². The van der Waals surface area contributed by atoms with E-state index in [1.807, 2.05) is 43.3 Å². The number of para-hydroxylation sites is 1. The third kappa shape index (κ3) is 3.95. The minimum absolute atomic E-state index is 0.00336. The van der Waals surface area contributed by atoms with Gasteiger partial charge in [-0.15, -0.1) is 0 Å². The first kappa shape index (κ1) is 15.3. The molecule has 112 valence electrons. The maximum atomic E-state index is 12.1. The number of aliphatic hydroxyl groups excluding tert-OH is 1. The second kappa shape index (κ2) is 7.09. The molecule has 0 bridgehead atoms. The number of carbonyl (C=O) groups excluding carboxylic acids is 1. The molecule has 2 N–H and O–H groups in total. The van der Waals surface area contributed by atoms with Crippen LogP contribution in [-0.2, 0) is 4.79 Å². The minimum Gasteiger partial charge on any atom is -0.496 e. The Hall–Kier alpha value is -2.07. The van der Waals surface area contributed by atoms with Crippen LogP contribution in [0.1, 0.15) is 18.9 Å². The SMILES string of the molecule is COc1ccccc1C(C)=CC(=O)N[C@@H]1C=C[C@H](CO)C1. The van der Waals surface area contributed by atoms with Crippen LogP contribution < -0.4 is 10.1 Å². The first-order valence-corrected chi connectivity index (χ1v) is 7.05. The van der Waals surface area contributed by atoms with Crippen LogP contribution in [0.4, 0.5) is 0 Å². The Morgan fingerprint density at radius 1 is 1.43 bits per heavy atom. The summed E-state index contributed by atoms with van der Waals surface area (Å²) in [6, 6.07) is 7.61. The topological polar surface area (TPSA) is 58.6 Å². The zero-order valence-electron chi connectivity index (χ0n) is 12.4. The summed E-state index contributed by atoms with van der Waals surface area (Å²) < 4.78 is 5.30. The van der Waals surface area contributed by atoms with Gasteiger partial charge in [-0.1, -0.05) is 30.4 Å². The number of rotatable bonds is 5. The lowest BCUT2D eigenvalue weighted by Crippen LogP contribution is -2.31. The molecule has 0 spiro atoms. The summed E-state index contributed by atoms with van der Waals surface area (Å²) in [5, 5.41) is 12.0. The van der Waals surface area contributed by atoms with Crippen molar-refractivity contribution in [3.8, 4) is 5.75 Å². The number of hydrogen-bond acceptors (Lipinski definition) is 3. The second-order valence-electron chi connectivity index (χ2n) is 5.21. The van der Waals surface area contributed by atoms with Crippen LogP contribution in [0.3, 0.4) is 0 Å². The molecule has 2 rings (SSSR count). The predicted molar refractivity (Wildman–Crippen MR) is 82.9 cm³/mol. The average molecular weight is 287 g/mol. The number of benzene rings is 1. The largest absolute Gasteiger partial charge is 0.496 e. The van der Waals surface area contributed by atoms with Gasteiger partial charge in [0.15, 0.2) is 0 Å². The monoisotopic (exact) mass is 287 g/mol. The Morgan fingerprint density at radius 2 is 2.19 bits per heavy atom. The van der Waals surface area contributed by atoms with E-state index in [4.69, 9.17) is 9.84 Å². The zero-order valence-corrected chi connectivity index (χ0v) is 12.4. The fourth-order valence-corrected chi connectivity index (χ4v) is 2.49. The highest BCUT2D eigenvalue weighted by atomic mass is 16.5. The first-order chi connectivity index (χ1) is 10.1. The molecule has 4 heteroatoms. The molecule has 0 fully saturated rings. The summed E-state index contributed by atoms with van der Waals surface area (Å²) in [5.41, 5.74) is 1.76. The maximum Gasteiger partial charge on any atom is 0.244 e. The van der Waals surface area contributed by atoms with E-state index in [0.29, 0.717) is 0 Å². The molecule has 0 saturated heterocycles. The summed E-state index contributed by atoms with van der Waals surface area (Å²) in [4.78, 5) is 12.1. The van der Waals surface area contributed by atoms with Gasteiger partial charge in [0.2, 0.25) is 5.91 Å². The summed E-state index contributed by atoms with van der Waals surface area (Å²) in [6.07, 6.45) is 6.22. The molecule has 1 aromatic rings. The molecule has 0 radical (unpaired) electrons. The van der Waals surface area contributed by atoms with Crippen LogP contribution in [0, 0.1) is 5.92 Å². The summed E-state index contributed by atoms with van der Waals surface area (Å²) >= 11 is 0. The Labute approximate surface area is 125 Å². The highest BCUT2D eigenvalue weighted by Crippen LogP contribution is 2.25. The van der Waals surface area contributed by atoms with Crippen molar-refractivity contribution in [3.63, 3.8) is 0 Å². The van der Waals surface area contributed by atoms with E-state index < -0.39 is 0 Å². The number of carbonyl (C=O) groups is 1. The van der Waals surface area contributed by atoms with Crippen LogP contribution >= 0.6 is 0 Å². The van der Waals surface area contributed by atoms with Crippen LogP contribution in [0.15, 0.2) is 42.5 Å². The molecule has 4 nitrogen and oxygen atoms in total. The molecule has 0 unspecified atom stereocenters. The van der Waals surface area contributed by atoms with Crippen molar-refractivity contribution in [1.82, 2.24) is 5.32 Å². The summed E-state index contributed by atoms with van der Waals surface area (Å²) in [5.74, 6) is 0.765. The quantitative estimate of drug-likeness (QED) is 0.644. The van der Waals surface area contributed by atoms with Crippen molar-refractivity contribution in [2.24, 2.45) is 5.92 Å². The van der Waals surface area contributed by atoms with Gasteiger partial charge in [0, 0.05) is 30.2 Å². The van der Waals surface area contributed by atoms with E-state index in [0.717, 1.165) is 23.3 Å². The molecule has 1 amide bonds. The lowest BCUT2D eigenvalue weighted by atomic mass is 10.1. The van der Waals surface area contributed by atoms with Gasteiger partial charge in [-0.05, 0) is 25.0 Å². The Morgan fingerprint density at radius 3 is 2.86 bits per heavy atom. The average Bonchev–Trinajstić information content (AvgIpc) is 2.94. The second-order valence-corrected chi connectivity index (χ2v) is 5.21. The van der Waals surface area contributed by atoms with Crippen molar-refractivity contribution >= 4 is 11.5 Å². The first-order valence-electron chi connectivity index (χ1n) is 7.05. The van der Waals surface area contributed by atoms with Crippen molar-refractivity contribution in [3.05, 3.63) is 48.1 Å². The van der Waals surface area contributed by atoms with Gasteiger partial charge in [-0.3, -0.25) is 4.79 Å². The highest BCUT2D eigenvalue weighted by molar-refractivity contribution is 5.95. The molecule has 2 atom stereocenters. The predicted octanol–water partition coefficient (Wildman–Crippen LogP) is 2.15. The van der Waals surface area contributed by atoms with Gasteiger partial charge >= 0.3 is 0 Å². The van der Waals surface area contributed by atoms with E-state index in [9.17, 15) is 4.79 Å². The van der Waals surface area contributed by atoms with Crippen LogP contribution in [0.5, 0.6) is 5.75 Å². The molecular formula is C17H21NO3. The smallest absolute Gasteiger partial charge is 0.244 e. The number of hydrogen-bond donors (Lipinski definition) is 2. The maximum absolute atomic E-state index is 12.1. The Kier molecular flexibility index (Phi) is 5.17. The van der Waals surface area contributed by atoms with E-state index in [1.54, 1.807) is 13.2 Å². The highest BCUT2D eigenvalue weighted by Gasteiger charge is 2.19. The zero-order chi connectivity index (χ0) is 15.2. The molecule has 0 aromatic heterocycles. The van der Waals surface area contributed by atoms with Crippen molar-refractivity contribution in [1.29, 1.82) is 0 Å². The van der Waals surface area contributed by atoms with Crippen LogP contribution in [0.2, 0.25) is 0 Å². The third-order valence-corrected chi connectivity index (χ3v) is 3.61. The fraction of sp³-hybridized carbons (Fsp3) is 0.353. The molecular weight excluding hydrogens is 266 g/mol. The van der Waals surface area contributed by atoms with E-state index in [-0.39, 0.29) is 24.5 Å². The number of ether oxygens (including phenoxy) is 1. The number of aliphatic hydroxyl groups is 1. The standard InChI is InChI=1S/C17H21NO3/c1-12(15-5-3-4-6-16(15)21-2)9-17(20)18-14-8-7-13(10-14)11-19/h3-9,13-14,19H,10-11H2,1-2H3,(H,18,20)/t13-,14+/m0/s1. The lowest BCUT2D eigenvalue weighted by molar-refractivity contribution is -0.116. The van der Waals surface area contributed by atoms with Gasteiger partial charge in [-0.25, -0.2) is 0 Å². The number of amides is 1. The number of allylic oxidation sites excluding steroid dienone is 1. The fourth-order valence-electron chi connectivity index (χ4n) is 2.49. The van der Waals surface area contributed by atoms with Gasteiger partial charge in [0.05, 0.1) is 7.11 Å². The molecule has 21 heavy (non-hydrogen) atoms. The van der Waals surface area contributed by atoms with E-state index >= 15 is 0 Å². The van der Waals surface area contributed by atoms with Gasteiger partial charge in [-0.2, -0.15) is 0 Å². The molecule has 1 aliphatic rings. The van der Waals surface area contributed by atoms with Gasteiger partial charge in [0.1, 0.15) is 5.75 Å². The van der Waals surface area contributed by atoms with Crippen LogP contribution in [-0.4, -0.2) is 30.8 Å². The van der Waals surface area contributed by atoms with Crippen LogP contribution in [0.25, 0.3) is 5.57 Å². The van der Waals surface area contributed by atoms with Crippen molar-refractivity contribution in [2.45, 2.75) is 19.4 Å². The lowest BCUT2D eigenvalue weighted by Gasteiger charge is -2.12. The molecule has 0 heterocycles. The normalized spacial score (nSPS) is 21.4. The van der Waals surface area contributed by atoms with E-state index in [2.05, 4.69) is 5.32 Å². The minimum atomic E-state index is -0.133. The van der Waals surface area contributed by atoms with Gasteiger partial charge in [0.25, 0.3) is 0 Å². The van der Waals surface area contributed by atoms with Crippen molar-refractivity contribution in [2.75, 3.05) is 13.7 Å². The Bertz CT molecular complexity index is 563. The van der Waals surface area contributed by atoms with Crippen molar-refractivity contribution < 1.29 is 14.6 Å². The Balaban J connectivity index is 2.02. The molecule has 1 aromatic carbocycles.